The van der Waals surface area contributed by atoms with Gasteiger partial charge in [-0.25, -0.2) is 4.98 Å². The first-order valence-corrected chi connectivity index (χ1v) is 13.6. The third-order valence-corrected chi connectivity index (χ3v) is 8.68. The van der Waals surface area contributed by atoms with Crippen LogP contribution in [0.1, 0.15) is 0 Å². The van der Waals surface area contributed by atoms with E-state index < -0.39 is 0 Å². The van der Waals surface area contributed by atoms with Crippen LogP contribution in [0.3, 0.4) is 0 Å². The summed E-state index contributed by atoms with van der Waals surface area (Å²) in [7, 11) is 0. The van der Waals surface area contributed by atoms with Crippen LogP contribution in [0.5, 0.6) is 0 Å². The highest BCUT2D eigenvalue weighted by atomic mass is 16.3. The molecule has 0 amide bonds. The van der Waals surface area contributed by atoms with Crippen molar-refractivity contribution in [1.29, 1.82) is 0 Å². The van der Waals surface area contributed by atoms with E-state index in [0.717, 1.165) is 38.5 Å². The fraction of sp³-hybridized carbons (Fsp3) is 0. The van der Waals surface area contributed by atoms with Crippen LogP contribution in [0.4, 0.5) is 0 Å². The lowest BCUT2D eigenvalue weighted by atomic mass is 9.96. The molecule has 3 nitrogen and oxygen atoms in total. The van der Waals surface area contributed by atoms with Gasteiger partial charge in [0.15, 0.2) is 0 Å². The zero-order valence-corrected chi connectivity index (χ0v) is 21.3. The van der Waals surface area contributed by atoms with Crippen molar-refractivity contribution in [3.63, 3.8) is 0 Å². The van der Waals surface area contributed by atoms with Gasteiger partial charge in [0.05, 0.1) is 16.6 Å². The minimum atomic E-state index is 0.916. The molecule has 0 bridgehead atoms. The third-order valence-electron chi connectivity index (χ3n) is 8.68. The predicted octanol–water partition coefficient (Wildman–Crippen LogP) is 10.1. The fourth-order valence-electron chi connectivity index (χ4n) is 6.97. The van der Waals surface area contributed by atoms with Crippen molar-refractivity contribution in [3.8, 4) is 11.1 Å². The van der Waals surface area contributed by atoms with Gasteiger partial charge in [0.2, 0.25) is 0 Å². The highest BCUT2D eigenvalue weighted by molar-refractivity contribution is 6.35. The van der Waals surface area contributed by atoms with Gasteiger partial charge in [0, 0.05) is 37.7 Å². The molecule has 0 aliphatic carbocycles. The van der Waals surface area contributed by atoms with Gasteiger partial charge >= 0.3 is 0 Å². The molecule has 4 heterocycles. The Balaban J connectivity index is 1.45. The number of rotatable bonds is 1. The lowest BCUT2D eigenvalue weighted by Gasteiger charge is -2.08. The molecule has 0 spiro atoms. The fourth-order valence-corrected chi connectivity index (χ4v) is 6.97. The Kier molecular flexibility index (Phi) is 3.68. The van der Waals surface area contributed by atoms with Crippen molar-refractivity contribution in [2.75, 3.05) is 0 Å². The molecule has 40 heavy (non-hydrogen) atoms. The molecule has 0 unspecified atom stereocenters. The van der Waals surface area contributed by atoms with Crippen LogP contribution in [-0.4, -0.2) is 9.38 Å². The van der Waals surface area contributed by atoms with E-state index in [0.29, 0.717) is 0 Å². The van der Waals surface area contributed by atoms with Crippen LogP contribution in [0.15, 0.2) is 126 Å². The Labute approximate surface area is 227 Å². The number of aromatic nitrogens is 2. The summed E-state index contributed by atoms with van der Waals surface area (Å²) < 4.78 is 8.86. The van der Waals surface area contributed by atoms with Gasteiger partial charge in [-0.15, -0.1) is 0 Å². The molecule has 10 aromatic rings. The summed E-state index contributed by atoms with van der Waals surface area (Å²) in [5, 5.41) is 10.8. The third kappa shape index (κ3) is 2.48. The van der Waals surface area contributed by atoms with E-state index >= 15 is 0 Å². The largest absolute Gasteiger partial charge is 0.456 e. The first-order chi connectivity index (χ1) is 19.8. The van der Waals surface area contributed by atoms with Gasteiger partial charge in [-0.2, -0.15) is 0 Å². The Bertz CT molecular complexity index is 2650. The summed E-state index contributed by atoms with van der Waals surface area (Å²) in [5.74, 6) is 0. The van der Waals surface area contributed by atoms with Gasteiger partial charge in [0.1, 0.15) is 16.8 Å². The summed E-state index contributed by atoms with van der Waals surface area (Å²) >= 11 is 0. The molecule has 0 atom stereocenters. The second kappa shape index (κ2) is 7.16. The minimum absolute atomic E-state index is 0.916. The molecule has 4 aromatic heterocycles. The molecule has 3 heteroatoms. The van der Waals surface area contributed by atoms with Crippen molar-refractivity contribution in [1.82, 2.24) is 9.38 Å². The maximum atomic E-state index is 6.49. The van der Waals surface area contributed by atoms with E-state index in [-0.39, 0.29) is 0 Å². The number of fused-ring (bicyclic) bond motifs is 12. The monoisotopic (exact) mass is 508 g/mol. The first kappa shape index (κ1) is 20.5. The number of hydrogen-bond donors (Lipinski definition) is 0. The van der Waals surface area contributed by atoms with Gasteiger partial charge in [-0.1, -0.05) is 84.9 Å². The smallest absolute Gasteiger partial charge is 0.146 e. The highest BCUT2D eigenvalue weighted by Gasteiger charge is 2.24. The molecular formula is C37H20N2O. The van der Waals surface area contributed by atoms with Crippen molar-refractivity contribution in [2.24, 2.45) is 0 Å². The van der Waals surface area contributed by atoms with E-state index in [1.54, 1.807) is 0 Å². The molecule has 184 valence electrons. The molecule has 6 aromatic carbocycles. The molecule has 0 fully saturated rings. The first-order valence-electron chi connectivity index (χ1n) is 13.6. The van der Waals surface area contributed by atoms with Gasteiger partial charge in [-0.05, 0) is 58.3 Å². The number of furan rings is 1. The van der Waals surface area contributed by atoms with E-state index in [2.05, 4.69) is 120 Å². The number of hydrogen-bond acceptors (Lipinski definition) is 2. The maximum absolute atomic E-state index is 6.49. The molecule has 0 N–H and O–H groups in total. The van der Waals surface area contributed by atoms with Crippen LogP contribution >= 0.6 is 0 Å². The van der Waals surface area contributed by atoms with Gasteiger partial charge < -0.3 is 4.42 Å². The standard InChI is InChI=1S/C37H20N2O/c1-3-11-24-21(8-1)10-7-13-25(24)22-16-17-31-29(18-22)35-34-26-12-4-6-15-32(26)40-33(34)20-27-28-19-23-9-2-5-14-30(23)38-37(28)39(31)36(27)35/h1-20H. The Morgan fingerprint density at radius 3 is 2.27 bits per heavy atom. The summed E-state index contributed by atoms with van der Waals surface area (Å²) in [4.78, 5) is 5.21. The molecule has 0 saturated heterocycles. The van der Waals surface area contributed by atoms with Crippen molar-refractivity contribution in [3.05, 3.63) is 121 Å². The van der Waals surface area contributed by atoms with E-state index in [4.69, 9.17) is 9.40 Å². The number of para-hydroxylation sites is 2. The number of nitrogens with zero attached hydrogens (tertiary/aromatic N) is 2. The lowest BCUT2D eigenvalue weighted by Crippen LogP contribution is -1.86. The topological polar surface area (TPSA) is 30.4 Å². The number of benzene rings is 6. The van der Waals surface area contributed by atoms with Gasteiger partial charge in [0.25, 0.3) is 0 Å². The zero-order chi connectivity index (χ0) is 25.9. The highest BCUT2D eigenvalue weighted by Crippen LogP contribution is 2.46. The van der Waals surface area contributed by atoms with Crippen molar-refractivity contribution < 1.29 is 4.42 Å². The van der Waals surface area contributed by atoms with Crippen molar-refractivity contribution >= 4 is 81.8 Å². The van der Waals surface area contributed by atoms with E-state index in [1.165, 1.54) is 54.5 Å². The second-order valence-corrected chi connectivity index (χ2v) is 10.8. The van der Waals surface area contributed by atoms with Gasteiger partial charge in [-0.3, -0.25) is 4.40 Å². The summed E-state index contributed by atoms with van der Waals surface area (Å²) in [6, 6.07) is 43.3. The maximum Gasteiger partial charge on any atom is 0.146 e. The molecule has 10 rings (SSSR count). The Hall–Kier alpha value is -5.41. The summed E-state index contributed by atoms with van der Waals surface area (Å²) in [6.45, 7) is 0. The average Bonchev–Trinajstić information content (AvgIpc) is 3.65. The molecule has 0 radical (unpaired) electrons. The summed E-state index contributed by atoms with van der Waals surface area (Å²) in [6.07, 6.45) is 0. The van der Waals surface area contributed by atoms with Crippen LogP contribution < -0.4 is 0 Å². The molecule has 0 saturated carbocycles. The van der Waals surface area contributed by atoms with Crippen LogP contribution in [0.2, 0.25) is 0 Å². The normalized spacial score (nSPS) is 12.5. The predicted molar refractivity (Wildman–Crippen MR) is 167 cm³/mol. The van der Waals surface area contributed by atoms with Crippen LogP contribution in [0, 0.1) is 0 Å². The van der Waals surface area contributed by atoms with Crippen LogP contribution in [0.25, 0.3) is 93.0 Å². The zero-order valence-electron chi connectivity index (χ0n) is 21.3. The number of pyridine rings is 1. The molecule has 0 aliphatic heterocycles. The van der Waals surface area contributed by atoms with Crippen LogP contribution in [-0.2, 0) is 0 Å². The Morgan fingerprint density at radius 1 is 0.525 bits per heavy atom. The second-order valence-electron chi connectivity index (χ2n) is 10.8. The Morgan fingerprint density at radius 2 is 1.32 bits per heavy atom. The molecular weight excluding hydrogens is 488 g/mol. The van der Waals surface area contributed by atoms with E-state index in [1.807, 2.05) is 6.07 Å². The van der Waals surface area contributed by atoms with E-state index in [9.17, 15) is 0 Å². The average molecular weight is 509 g/mol. The minimum Gasteiger partial charge on any atom is -0.456 e. The SMILES string of the molecule is c1ccc2nc3c(cc2c1)c1cc2oc4ccccc4c2c2c4cc(-c5cccc6ccccc56)ccc4n3c12. The summed E-state index contributed by atoms with van der Waals surface area (Å²) in [5.41, 5.74) is 8.66. The van der Waals surface area contributed by atoms with Crippen molar-refractivity contribution in [2.45, 2.75) is 0 Å². The quantitative estimate of drug-likeness (QED) is 0.221. The molecule has 0 aliphatic rings. The lowest BCUT2D eigenvalue weighted by molar-refractivity contribution is 0.669.